The van der Waals surface area contributed by atoms with Crippen LogP contribution in [0.1, 0.15) is 37.0 Å². The van der Waals surface area contributed by atoms with Crippen molar-refractivity contribution < 1.29 is 14.3 Å². The maximum absolute atomic E-state index is 12.8. The maximum Gasteiger partial charge on any atom is 0.251 e. The zero-order valence-electron chi connectivity index (χ0n) is 17.1. The highest BCUT2D eigenvalue weighted by Gasteiger charge is 2.25. The third-order valence-corrected chi connectivity index (χ3v) is 5.03. The van der Waals surface area contributed by atoms with Crippen LogP contribution < -0.4 is 20.3 Å². The number of amides is 2. The van der Waals surface area contributed by atoms with Gasteiger partial charge >= 0.3 is 0 Å². The Labute approximate surface area is 171 Å². The fourth-order valence-electron chi connectivity index (χ4n) is 3.32. The molecule has 0 aliphatic carbocycles. The molecule has 0 saturated carbocycles. The largest absolute Gasteiger partial charge is 0.497 e. The van der Waals surface area contributed by atoms with E-state index in [0.29, 0.717) is 17.0 Å². The third kappa shape index (κ3) is 5.25. The van der Waals surface area contributed by atoms with Gasteiger partial charge in [0.05, 0.1) is 19.0 Å². The number of anilines is 2. The molecule has 0 spiro atoms. The summed E-state index contributed by atoms with van der Waals surface area (Å²) in [6, 6.07) is 9.87. The molecule has 2 aromatic rings. The van der Waals surface area contributed by atoms with Gasteiger partial charge in [0.2, 0.25) is 5.91 Å². The lowest BCUT2D eigenvalue weighted by Crippen LogP contribution is -2.47. The molecule has 2 amide bonds. The summed E-state index contributed by atoms with van der Waals surface area (Å²) in [6.45, 7) is 5.83. The molecule has 1 aromatic carbocycles. The number of carbonyl (C=O) groups is 2. The van der Waals surface area contributed by atoms with Gasteiger partial charge in [0.15, 0.2) is 0 Å². The highest BCUT2D eigenvalue weighted by atomic mass is 16.5. The van der Waals surface area contributed by atoms with Crippen molar-refractivity contribution in [3.63, 3.8) is 0 Å². The zero-order chi connectivity index (χ0) is 20.8. The first-order chi connectivity index (χ1) is 14.0. The second kappa shape index (κ2) is 9.41. The number of methoxy groups -OCH3 is 1. The molecule has 0 unspecified atom stereocenters. The lowest BCUT2D eigenvalue weighted by Gasteiger charge is -2.22. The van der Waals surface area contributed by atoms with E-state index in [0.717, 1.165) is 18.9 Å². The Kier molecular flexibility index (Phi) is 6.69. The summed E-state index contributed by atoms with van der Waals surface area (Å²) in [5.41, 5.74) is 1.09. The molecule has 154 valence electrons. The van der Waals surface area contributed by atoms with Crippen LogP contribution in [0.15, 0.2) is 42.6 Å². The number of pyridine rings is 1. The van der Waals surface area contributed by atoms with Crippen LogP contribution in [0.4, 0.5) is 11.5 Å². The molecule has 0 radical (unpaired) electrons. The molecule has 1 fully saturated rings. The molecule has 29 heavy (non-hydrogen) atoms. The fraction of sp³-hybridized carbons (Fsp3) is 0.409. The monoisotopic (exact) mass is 396 g/mol. The van der Waals surface area contributed by atoms with E-state index >= 15 is 0 Å². The van der Waals surface area contributed by atoms with Gasteiger partial charge in [-0.05, 0) is 55.2 Å². The first kappa shape index (κ1) is 20.6. The molecule has 0 bridgehead atoms. The van der Waals surface area contributed by atoms with Crippen molar-refractivity contribution in [2.45, 2.75) is 32.7 Å². The summed E-state index contributed by atoms with van der Waals surface area (Å²) < 4.78 is 5.11. The SMILES string of the molecule is COc1ccc(C(=O)N[C@@H](C(=O)Nc2ccc(N3CCCC3)nc2)C(C)C)cc1. The average Bonchev–Trinajstić information content (AvgIpc) is 3.27. The van der Waals surface area contributed by atoms with Crippen molar-refractivity contribution >= 4 is 23.3 Å². The minimum absolute atomic E-state index is 0.0750. The molecule has 2 N–H and O–H groups in total. The molecular formula is C22H28N4O3. The van der Waals surface area contributed by atoms with Crippen molar-refractivity contribution in [1.82, 2.24) is 10.3 Å². The quantitative estimate of drug-likeness (QED) is 0.751. The number of rotatable bonds is 7. The second-order valence-electron chi connectivity index (χ2n) is 7.51. The highest BCUT2D eigenvalue weighted by Crippen LogP contribution is 2.19. The topological polar surface area (TPSA) is 83.6 Å². The number of benzene rings is 1. The summed E-state index contributed by atoms with van der Waals surface area (Å²) in [7, 11) is 1.57. The minimum atomic E-state index is -0.664. The Balaban J connectivity index is 1.63. The standard InChI is InChI=1S/C22H28N4O3/c1-15(2)20(25-21(27)16-6-9-18(29-3)10-7-16)22(28)24-17-8-11-19(23-14-17)26-12-4-5-13-26/h6-11,14-15,20H,4-5,12-13H2,1-3H3,(H,24,28)(H,25,27)/t20-/m1/s1. The lowest BCUT2D eigenvalue weighted by molar-refractivity contribution is -0.118. The van der Waals surface area contributed by atoms with E-state index in [1.807, 2.05) is 26.0 Å². The zero-order valence-corrected chi connectivity index (χ0v) is 17.1. The van der Waals surface area contributed by atoms with Crippen molar-refractivity contribution in [2.75, 3.05) is 30.4 Å². The van der Waals surface area contributed by atoms with E-state index in [4.69, 9.17) is 4.74 Å². The molecule has 2 heterocycles. The number of hydrogen-bond donors (Lipinski definition) is 2. The Morgan fingerprint density at radius 1 is 1.07 bits per heavy atom. The van der Waals surface area contributed by atoms with E-state index < -0.39 is 6.04 Å². The van der Waals surface area contributed by atoms with Crippen LogP contribution in [-0.2, 0) is 4.79 Å². The highest BCUT2D eigenvalue weighted by molar-refractivity contribution is 6.01. The van der Waals surface area contributed by atoms with Crippen molar-refractivity contribution in [3.05, 3.63) is 48.2 Å². The molecule has 1 aliphatic heterocycles. The van der Waals surface area contributed by atoms with Crippen LogP contribution in [0, 0.1) is 5.92 Å². The molecule has 1 saturated heterocycles. The van der Waals surface area contributed by atoms with Gasteiger partial charge in [0.25, 0.3) is 5.91 Å². The second-order valence-corrected chi connectivity index (χ2v) is 7.51. The number of nitrogens with one attached hydrogen (secondary N) is 2. The van der Waals surface area contributed by atoms with Crippen LogP contribution in [0.5, 0.6) is 5.75 Å². The Morgan fingerprint density at radius 2 is 1.76 bits per heavy atom. The van der Waals surface area contributed by atoms with Crippen LogP contribution in [0.3, 0.4) is 0 Å². The van der Waals surface area contributed by atoms with E-state index in [2.05, 4.69) is 20.5 Å². The molecular weight excluding hydrogens is 368 g/mol. The summed E-state index contributed by atoms with van der Waals surface area (Å²) in [6.07, 6.45) is 4.03. The smallest absolute Gasteiger partial charge is 0.251 e. The van der Waals surface area contributed by atoms with Crippen molar-refractivity contribution in [3.8, 4) is 5.75 Å². The Bertz CT molecular complexity index is 828. The van der Waals surface area contributed by atoms with Crippen LogP contribution >= 0.6 is 0 Å². The van der Waals surface area contributed by atoms with Crippen LogP contribution in [-0.4, -0.2) is 43.0 Å². The average molecular weight is 396 g/mol. The summed E-state index contributed by atoms with van der Waals surface area (Å²) in [5, 5.41) is 5.69. The normalized spacial score (nSPS) is 14.6. The number of ether oxygens (including phenoxy) is 1. The molecule has 3 rings (SSSR count). The molecule has 1 atom stereocenters. The molecule has 7 nitrogen and oxygen atoms in total. The molecule has 7 heteroatoms. The Morgan fingerprint density at radius 3 is 2.31 bits per heavy atom. The van der Waals surface area contributed by atoms with Gasteiger partial charge in [-0.15, -0.1) is 0 Å². The van der Waals surface area contributed by atoms with Crippen molar-refractivity contribution in [1.29, 1.82) is 0 Å². The van der Waals surface area contributed by atoms with Gasteiger partial charge < -0.3 is 20.3 Å². The van der Waals surface area contributed by atoms with Gasteiger partial charge in [-0.1, -0.05) is 13.8 Å². The molecule has 1 aliphatic rings. The third-order valence-electron chi connectivity index (χ3n) is 5.03. The number of hydrogen-bond acceptors (Lipinski definition) is 5. The van der Waals surface area contributed by atoms with Gasteiger partial charge in [0.1, 0.15) is 17.6 Å². The predicted molar refractivity (Wildman–Crippen MR) is 113 cm³/mol. The number of nitrogens with zero attached hydrogens (tertiary/aromatic N) is 2. The van der Waals surface area contributed by atoms with Crippen LogP contribution in [0.25, 0.3) is 0 Å². The first-order valence-corrected chi connectivity index (χ1v) is 9.94. The number of carbonyl (C=O) groups excluding carboxylic acids is 2. The van der Waals surface area contributed by atoms with Gasteiger partial charge in [-0.25, -0.2) is 4.98 Å². The molecule has 1 aromatic heterocycles. The number of aromatic nitrogens is 1. The van der Waals surface area contributed by atoms with Gasteiger partial charge in [-0.3, -0.25) is 9.59 Å². The summed E-state index contributed by atoms with van der Waals surface area (Å²) >= 11 is 0. The summed E-state index contributed by atoms with van der Waals surface area (Å²) in [4.78, 5) is 32.0. The Hall–Kier alpha value is -3.09. The van der Waals surface area contributed by atoms with E-state index in [1.54, 1.807) is 37.6 Å². The van der Waals surface area contributed by atoms with Crippen LogP contribution in [0.2, 0.25) is 0 Å². The maximum atomic E-state index is 12.8. The lowest BCUT2D eigenvalue weighted by atomic mass is 10.0. The first-order valence-electron chi connectivity index (χ1n) is 9.94. The van der Waals surface area contributed by atoms with Gasteiger partial charge in [0, 0.05) is 18.7 Å². The minimum Gasteiger partial charge on any atom is -0.497 e. The van der Waals surface area contributed by atoms with E-state index in [9.17, 15) is 9.59 Å². The summed E-state index contributed by atoms with van der Waals surface area (Å²) in [5.74, 6) is 0.953. The van der Waals surface area contributed by atoms with E-state index in [1.165, 1.54) is 12.8 Å². The van der Waals surface area contributed by atoms with Gasteiger partial charge in [-0.2, -0.15) is 0 Å². The van der Waals surface area contributed by atoms with E-state index in [-0.39, 0.29) is 17.7 Å². The van der Waals surface area contributed by atoms with Crippen molar-refractivity contribution in [2.24, 2.45) is 5.92 Å². The fourth-order valence-corrected chi connectivity index (χ4v) is 3.32. The predicted octanol–water partition coefficient (Wildman–Crippen LogP) is 3.08.